The lowest BCUT2D eigenvalue weighted by atomic mass is 9.96. The minimum atomic E-state index is -0.201. The second-order valence-electron chi connectivity index (χ2n) is 8.22. The van der Waals surface area contributed by atoms with Crippen molar-refractivity contribution in [3.8, 4) is 0 Å². The molecule has 2 aromatic carbocycles. The molecule has 0 radical (unpaired) electrons. The van der Waals surface area contributed by atoms with Gasteiger partial charge in [0.25, 0.3) is 11.8 Å². The molecule has 6 nitrogen and oxygen atoms in total. The molecule has 4 rings (SSSR count). The highest BCUT2D eigenvalue weighted by atomic mass is 16.2. The van der Waals surface area contributed by atoms with Crippen molar-refractivity contribution < 1.29 is 14.4 Å². The van der Waals surface area contributed by atoms with Crippen LogP contribution in [-0.2, 0) is 4.79 Å². The van der Waals surface area contributed by atoms with Gasteiger partial charge in [0.05, 0.1) is 5.92 Å². The number of anilines is 1. The van der Waals surface area contributed by atoms with Crippen LogP contribution < -0.4 is 10.6 Å². The third-order valence-corrected chi connectivity index (χ3v) is 5.76. The average molecular weight is 405 g/mol. The van der Waals surface area contributed by atoms with Gasteiger partial charge in [0.2, 0.25) is 5.91 Å². The van der Waals surface area contributed by atoms with Crippen LogP contribution in [0.4, 0.5) is 5.69 Å². The lowest BCUT2D eigenvalue weighted by Crippen LogP contribution is -2.45. The van der Waals surface area contributed by atoms with Crippen LogP contribution in [0.3, 0.4) is 0 Å². The standard InChI is InChI=1S/C24H27N3O3/c1-16-6-2-3-10-21(16)23(29)26-20-9-4-7-17(14-20)24(30)27-13-5-8-18(15-27)22(28)25-19-11-12-19/h2-4,6-7,9-10,14,18-19H,5,8,11-13,15H2,1H3,(H,25,28)(H,26,29). The third-order valence-electron chi connectivity index (χ3n) is 5.76. The monoisotopic (exact) mass is 405 g/mol. The molecular formula is C24H27N3O3. The van der Waals surface area contributed by atoms with Crippen molar-refractivity contribution in [1.29, 1.82) is 0 Å². The van der Waals surface area contributed by atoms with E-state index in [-0.39, 0.29) is 23.6 Å². The predicted molar refractivity (Wildman–Crippen MR) is 115 cm³/mol. The Kier molecular flexibility index (Phi) is 5.84. The van der Waals surface area contributed by atoms with Crippen molar-refractivity contribution in [1.82, 2.24) is 10.2 Å². The maximum Gasteiger partial charge on any atom is 0.255 e. The van der Waals surface area contributed by atoms with Crippen LogP contribution >= 0.6 is 0 Å². The number of hydrogen-bond acceptors (Lipinski definition) is 3. The molecule has 3 amide bonds. The van der Waals surface area contributed by atoms with E-state index in [1.54, 1.807) is 35.2 Å². The Hall–Kier alpha value is -3.15. The van der Waals surface area contributed by atoms with Gasteiger partial charge in [0, 0.05) is 35.9 Å². The summed E-state index contributed by atoms with van der Waals surface area (Å²) in [5, 5.41) is 5.93. The Labute approximate surface area is 176 Å². The summed E-state index contributed by atoms with van der Waals surface area (Å²) >= 11 is 0. The van der Waals surface area contributed by atoms with Crippen LogP contribution in [-0.4, -0.2) is 41.8 Å². The third kappa shape index (κ3) is 4.70. The Morgan fingerprint density at radius 2 is 1.80 bits per heavy atom. The van der Waals surface area contributed by atoms with Crippen molar-refractivity contribution in [2.75, 3.05) is 18.4 Å². The molecule has 2 fully saturated rings. The number of nitrogens with zero attached hydrogens (tertiary/aromatic N) is 1. The van der Waals surface area contributed by atoms with Crippen molar-refractivity contribution in [3.63, 3.8) is 0 Å². The summed E-state index contributed by atoms with van der Waals surface area (Å²) in [7, 11) is 0. The molecule has 2 N–H and O–H groups in total. The number of benzene rings is 2. The maximum absolute atomic E-state index is 13.0. The van der Waals surface area contributed by atoms with E-state index in [1.807, 2.05) is 25.1 Å². The van der Waals surface area contributed by atoms with E-state index < -0.39 is 0 Å². The molecule has 1 aliphatic carbocycles. The molecule has 1 heterocycles. The Bertz CT molecular complexity index is 968. The number of hydrogen-bond donors (Lipinski definition) is 2. The fraction of sp³-hybridized carbons (Fsp3) is 0.375. The van der Waals surface area contributed by atoms with Gasteiger partial charge in [-0.15, -0.1) is 0 Å². The Morgan fingerprint density at radius 3 is 2.57 bits per heavy atom. The fourth-order valence-electron chi connectivity index (χ4n) is 3.86. The second kappa shape index (κ2) is 8.69. The zero-order valence-electron chi connectivity index (χ0n) is 17.2. The lowest BCUT2D eigenvalue weighted by molar-refractivity contribution is -0.126. The van der Waals surface area contributed by atoms with Crippen molar-refractivity contribution in [2.45, 2.75) is 38.6 Å². The molecule has 0 bridgehead atoms. The zero-order chi connectivity index (χ0) is 21.1. The number of aryl methyl sites for hydroxylation is 1. The SMILES string of the molecule is Cc1ccccc1C(=O)Nc1cccc(C(=O)N2CCCC(C(=O)NC3CC3)C2)c1. The van der Waals surface area contributed by atoms with Gasteiger partial charge in [-0.05, 0) is 62.4 Å². The summed E-state index contributed by atoms with van der Waals surface area (Å²) in [6.07, 6.45) is 3.75. The molecule has 2 aromatic rings. The molecule has 30 heavy (non-hydrogen) atoms. The van der Waals surface area contributed by atoms with Crippen LogP contribution in [0.15, 0.2) is 48.5 Å². The number of likely N-dealkylation sites (tertiary alicyclic amines) is 1. The average Bonchev–Trinajstić information content (AvgIpc) is 3.57. The smallest absolute Gasteiger partial charge is 0.255 e. The van der Waals surface area contributed by atoms with Gasteiger partial charge in [-0.25, -0.2) is 0 Å². The van der Waals surface area contributed by atoms with Crippen LogP contribution in [0.2, 0.25) is 0 Å². The van der Waals surface area contributed by atoms with E-state index in [9.17, 15) is 14.4 Å². The van der Waals surface area contributed by atoms with Crippen molar-refractivity contribution >= 4 is 23.4 Å². The molecule has 1 saturated heterocycles. The first kappa shape index (κ1) is 20.1. The lowest BCUT2D eigenvalue weighted by Gasteiger charge is -2.32. The van der Waals surface area contributed by atoms with Crippen LogP contribution in [0, 0.1) is 12.8 Å². The first-order valence-electron chi connectivity index (χ1n) is 10.6. The maximum atomic E-state index is 13.0. The Balaban J connectivity index is 1.42. The molecule has 156 valence electrons. The first-order chi connectivity index (χ1) is 14.5. The number of carbonyl (C=O) groups is 3. The number of rotatable bonds is 5. The molecule has 6 heteroatoms. The van der Waals surface area contributed by atoms with Gasteiger partial charge in [-0.2, -0.15) is 0 Å². The molecule has 1 aliphatic heterocycles. The van der Waals surface area contributed by atoms with E-state index in [2.05, 4.69) is 10.6 Å². The summed E-state index contributed by atoms with van der Waals surface area (Å²) in [5.41, 5.74) is 2.59. The van der Waals surface area contributed by atoms with E-state index in [4.69, 9.17) is 0 Å². The summed E-state index contributed by atoms with van der Waals surface area (Å²) in [4.78, 5) is 39.8. The van der Waals surface area contributed by atoms with E-state index in [0.29, 0.717) is 35.9 Å². The van der Waals surface area contributed by atoms with Crippen molar-refractivity contribution in [3.05, 3.63) is 65.2 Å². The summed E-state index contributed by atoms with van der Waals surface area (Å²) in [6, 6.07) is 14.7. The molecule has 2 aliphatic rings. The highest BCUT2D eigenvalue weighted by Crippen LogP contribution is 2.23. The number of amides is 3. The number of nitrogens with one attached hydrogen (secondary N) is 2. The van der Waals surface area contributed by atoms with Crippen LogP contribution in [0.1, 0.15) is 52.0 Å². The first-order valence-corrected chi connectivity index (χ1v) is 10.6. The summed E-state index contributed by atoms with van der Waals surface area (Å²) in [5.74, 6) is -0.389. The predicted octanol–water partition coefficient (Wildman–Crippen LogP) is 3.38. The summed E-state index contributed by atoms with van der Waals surface area (Å²) in [6.45, 7) is 2.98. The van der Waals surface area contributed by atoms with E-state index in [0.717, 1.165) is 31.2 Å². The Morgan fingerprint density at radius 1 is 1.00 bits per heavy atom. The van der Waals surface area contributed by atoms with Crippen molar-refractivity contribution in [2.24, 2.45) is 5.92 Å². The minimum absolute atomic E-state index is 0.0641. The van der Waals surface area contributed by atoms with Gasteiger partial charge in [0.1, 0.15) is 0 Å². The van der Waals surface area contributed by atoms with Crippen LogP contribution in [0.25, 0.3) is 0 Å². The topological polar surface area (TPSA) is 78.5 Å². The molecule has 0 spiro atoms. The van der Waals surface area contributed by atoms with Gasteiger partial charge in [-0.1, -0.05) is 24.3 Å². The molecule has 0 aromatic heterocycles. The van der Waals surface area contributed by atoms with Gasteiger partial charge < -0.3 is 15.5 Å². The quantitative estimate of drug-likeness (QED) is 0.801. The number of piperidine rings is 1. The number of carbonyl (C=O) groups excluding carboxylic acids is 3. The molecule has 1 unspecified atom stereocenters. The van der Waals surface area contributed by atoms with Gasteiger partial charge in [-0.3, -0.25) is 14.4 Å². The van der Waals surface area contributed by atoms with Crippen LogP contribution in [0.5, 0.6) is 0 Å². The fourth-order valence-corrected chi connectivity index (χ4v) is 3.86. The van der Waals surface area contributed by atoms with E-state index in [1.165, 1.54) is 0 Å². The highest BCUT2D eigenvalue weighted by molar-refractivity contribution is 6.06. The zero-order valence-corrected chi connectivity index (χ0v) is 17.2. The van der Waals surface area contributed by atoms with E-state index >= 15 is 0 Å². The van der Waals surface area contributed by atoms with Gasteiger partial charge in [0.15, 0.2) is 0 Å². The normalized spacial score (nSPS) is 18.6. The second-order valence-corrected chi connectivity index (χ2v) is 8.22. The molecule has 1 atom stereocenters. The molecule has 1 saturated carbocycles. The largest absolute Gasteiger partial charge is 0.353 e. The highest BCUT2D eigenvalue weighted by Gasteiger charge is 2.32. The minimum Gasteiger partial charge on any atom is -0.353 e. The van der Waals surface area contributed by atoms with Gasteiger partial charge >= 0.3 is 0 Å². The molecular weight excluding hydrogens is 378 g/mol. The summed E-state index contributed by atoms with van der Waals surface area (Å²) < 4.78 is 0.